The first-order valence-electron chi connectivity index (χ1n) is 6.00. The number of ether oxygens (including phenoxy) is 1. The third kappa shape index (κ3) is 3.22. The van der Waals surface area contributed by atoms with Gasteiger partial charge in [-0.05, 0) is 13.3 Å². The zero-order valence-corrected chi connectivity index (χ0v) is 10.4. The van der Waals surface area contributed by atoms with Gasteiger partial charge in [0.25, 0.3) is 5.91 Å². The highest BCUT2D eigenvalue weighted by Gasteiger charge is 2.34. The summed E-state index contributed by atoms with van der Waals surface area (Å²) in [4.78, 5) is 24.6. The lowest BCUT2D eigenvalue weighted by Crippen LogP contribution is -2.28. The van der Waals surface area contributed by atoms with E-state index in [0.29, 0.717) is 6.54 Å². The first-order chi connectivity index (χ1) is 8.11. The van der Waals surface area contributed by atoms with Crippen molar-refractivity contribution in [2.45, 2.75) is 33.1 Å². The van der Waals surface area contributed by atoms with E-state index in [4.69, 9.17) is 4.74 Å². The fourth-order valence-corrected chi connectivity index (χ4v) is 1.73. The van der Waals surface area contributed by atoms with Crippen LogP contribution in [0, 0.1) is 0 Å². The first kappa shape index (κ1) is 13.5. The summed E-state index contributed by atoms with van der Waals surface area (Å²) in [5.41, 5.74) is 0.0772. The van der Waals surface area contributed by atoms with Gasteiger partial charge in [-0.1, -0.05) is 19.8 Å². The molecule has 1 amide bonds. The third-order valence-corrected chi connectivity index (χ3v) is 2.68. The minimum absolute atomic E-state index is 0.0772. The Bertz CT molecular complexity index is 335. The van der Waals surface area contributed by atoms with Crippen LogP contribution in [0.2, 0.25) is 0 Å². The van der Waals surface area contributed by atoms with Crippen molar-refractivity contribution in [3.8, 4) is 0 Å². The van der Waals surface area contributed by atoms with E-state index >= 15 is 0 Å². The maximum absolute atomic E-state index is 11.6. The molecule has 0 radical (unpaired) electrons. The molecule has 0 atom stereocenters. The number of carbonyl (C=O) groups excluding carboxylic acids is 2. The van der Waals surface area contributed by atoms with Crippen molar-refractivity contribution in [1.82, 2.24) is 4.90 Å². The molecule has 0 aromatic heterocycles. The molecule has 1 heterocycles. The van der Waals surface area contributed by atoms with E-state index in [2.05, 4.69) is 6.92 Å². The van der Waals surface area contributed by atoms with E-state index in [1.165, 1.54) is 4.90 Å². The Morgan fingerprint density at radius 1 is 1.41 bits per heavy atom. The van der Waals surface area contributed by atoms with E-state index in [-0.39, 0.29) is 18.7 Å². The summed E-state index contributed by atoms with van der Waals surface area (Å²) >= 11 is 0. The summed E-state index contributed by atoms with van der Waals surface area (Å²) in [5, 5.41) is 9.57. The van der Waals surface area contributed by atoms with Gasteiger partial charge < -0.3 is 14.7 Å². The van der Waals surface area contributed by atoms with Gasteiger partial charge in [-0.25, -0.2) is 4.79 Å². The summed E-state index contributed by atoms with van der Waals surface area (Å²) in [6.45, 7) is 4.73. The second kappa shape index (κ2) is 6.27. The molecule has 0 aliphatic carbocycles. The molecule has 0 aromatic carbocycles. The van der Waals surface area contributed by atoms with Gasteiger partial charge in [-0.2, -0.15) is 0 Å². The SMILES string of the molecule is CCCCCN1CC(C(=O)OCC)=C(O)C1=O. The van der Waals surface area contributed by atoms with Gasteiger partial charge in [0.2, 0.25) is 0 Å². The van der Waals surface area contributed by atoms with Gasteiger partial charge in [0.05, 0.1) is 13.2 Å². The highest BCUT2D eigenvalue weighted by atomic mass is 16.5. The highest BCUT2D eigenvalue weighted by Crippen LogP contribution is 2.18. The van der Waals surface area contributed by atoms with Crippen LogP contribution in [-0.2, 0) is 14.3 Å². The molecule has 1 aliphatic rings. The third-order valence-electron chi connectivity index (χ3n) is 2.68. The number of unbranched alkanes of at least 4 members (excludes halogenated alkanes) is 2. The normalized spacial score (nSPS) is 15.6. The second-order valence-corrected chi connectivity index (χ2v) is 3.98. The molecular formula is C12H19NO4. The first-order valence-corrected chi connectivity index (χ1v) is 6.00. The van der Waals surface area contributed by atoms with Gasteiger partial charge in [0.15, 0.2) is 5.76 Å². The topological polar surface area (TPSA) is 66.8 Å². The van der Waals surface area contributed by atoms with Crippen LogP contribution in [0.15, 0.2) is 11.3 Å². The largest absolute Gasteiger partial charge is 0.503 e. The Hall–Kier alpha value is -1.52. The number of aliphatic hydroxyl groups is 1. The maximum atomic E-state index is 11.6. The molecule has 0 fully saturated rings. The molecule has 5 heteroatoms. The Morgan fingerprint density at radius 3 is 2.71 bits per heavy atom. The molecule has 0 aromatic rings. The second-order valence-electron chi connectivity index (χ2n) is 3.98. The average Bonchev–Trinajstić information content (AvgIpc) is 2.58. The molecule has 0 unspecified atom stereocenters. The van der Waals surface area contributed by atoms with Gasteiger partial charge in [0, 0.05) is 6.54 Å². The molecular weight excluding hydrogens is 222 g/mol. The summed E-state index contributed by atoms with van der Waals surface area (Å²) in [7, 11) is 0. The predicted octanol–water partition coefficient (Wildman–Crippen LogP) is 1.39. The number of rotatable bonds is 6. The lowest BCUT2D eigenvalue weighted by atomic mass is 10.2. The van der Waals surface area contributed by atoms with E-state index in [1.807, 2.05) is 0 Å². The van der Waals surface area contributed by atoms with Crippen LogP contribution in [0.3, 0.4) is 0 Å². The van der Waals surface area contributed by atoms with E-state index in [0.717, 1.165) is 19.3 Å². The summed E-state index contributed by atoms with van der Waals surface area (Å²) in [6, 6.07) is 0. The molecule has 17 heavy (non-hydrogen) atoms. The molecule has 0 spiro atoms. The van der Waals surface area contributed by atoms with Crippen LogP contribution in [0.4, 0.5) is 0 Å². The molecule has 0 saturated heterocycles. The van der Waals surface area contributed by atoms with Crippen LogP contribution in [0.1, 0.15) is 33.1 Å². The molecule has 1 aliphatic heterocycles. The van der Waals surface area contributed by atoms with Crippen molar-refractivity contribution >= 4 is 11.9 Å². The highest BCUT2D eigenvalue weighted by molar-refractivity contribution is 6.05. The lowest BCUT2D eigenvalue weighted by molar-refractivity contribution is -0.138. The number of carbonyl (C=O) groups is 2. The van der Waals surface area contributed by atoms with Crippen molar-refractivity contribution in [3.05, 3.63) is 11.3 Å². The molecule has 1 rings (SSSR count). The number of hydrogen-bond donors (Lipinski definition) is 1. The fourth-order valence-electron chi connectivity index (χ4n) is 1.73. The molecule has 96 valence electrons. The maximum Gasteiger partial charge on any atom is 0.339 e. The number of nitrogens with zero attached hydrogens (tertiary/aromatic N) is 1. The van der Waals surface area contributed by atoms with Gasteiger partial charge in [-0.15, -0.1) is 0 Å². The fraction of sp³-hybridized carbons (Fsp3) is 0.667. The van der Waals surface area contributed by atoms with E-state index in [9.17, 15) is 14.7 Å². The van der Waals surface area contributed by atoms with Crippen molar-refractivity contribution < 1.29 is 19.4 Å². The van der Waals surface area contributed by atoms with Crippen molar-refractivity contribution in [3.63, 3.8) is 0 Å². The minimum atomic E-state index is -0.601. The number of esters is 1. The van der Waals surface area contributed by atoms with Crippen molar-refractivity contribution in [2.75, 3.05) is 19.7 Å². The number of amides is 1. The molecule has 0 saturated carbocycles. The Labute approximate surface area is 101 Å². The van der Waals surface area contributed by atoms with Crippen molar-refractivity contribution in [2.24, 2.45) is 0 Å². The molecule has 5 nitrogen and oxygen atoms in total. The summed E-state index contributed by atoms with van der Waals surface area (Å²) in [5.74, 6) is -1.53. The van der Waals surface area contributed by atoms with Crippen LogP contribution in [0.25, 0.3) is 0 Å². The zero-order valence-electron chi connectivity index (χ0n) is 10.4. The monoisotopic (exact) mass is 241 g/mol. The predicted molar refractivity (Wildman–Crippen MR) is 62.4 cm³/mol. The average molecular weight is 241 g/mol. The summed E-state index contributed by atoms with van der Waals surface area (Å²) in [6.07, 6.45) is 2.97. The Kier molecular flexibility index (Phi) is 5.00. The smallest absolute Gasteiger partial charge is 0.339 e. The molecule has 1 N–H and O–H groups in total. The number of aliphatic hydroxyl groups excluding tert-OH is 1. The summed E-state index contributed by atoms with van der Waals surface area (Å²) < 4.78 is 4.78. The standard InChI is InChI=1S/C12H19NO4/c1-3-5-6-7-13-8-9(10(14)11(13)15)12(16)17-4-2/h14H,3-8H2,1-2H3. The van der Waals surface area contributed by atoms with Crippen LogP contribution in [0.5, 0.6) is 0 Å². The van der Waals surface area contributed by atoms with E-state index < -0.39 is 17.6 Å². The van der Waals surface area contributed by atoms with Crippen LogP contribution >= 0.6 is 0 Å². The molecule has 0 bridgehead atoms. The van der Waals surface area contributed by atoms with Gasteiger partial charge in [-0.3, -0.25) is 4.79 Å². The number of hydrogen-bond acceptors (Lipinski definition) is 4. The Balaban J connectivity index is 2.58. The van der Waals surface area contributed by atoms with Crippen LogP contribution in [-0.4, -0.2) is 41.6 Å². The van der Waals surface area contributed by atoms with Gasteiger partial charge in [0.1, 0.15) is 5.57 Å². The van der Waals surface area contributed by atoms with Crippen molar-refractivity contribution in [1.29, 1.82) is 0 Å². The van der Waals surface area contributed by atoms with Gasteiger partial charge >= 0.3 is 5.97 Å². The zero-order chi connectivity index (χ0) is 12.8. The quantitative estimate of drug-likeness (QED) is 0.563. The van der Waals surface area contributed by atoms with E-state index in [1.54, 1.807) is 6.92 Å². The lowest BCUT2D eigenvalue weighted by Gasteiger charge is -2.15. The minimum Gasteiger partial charge on any atom is -0.503 e. The Morgan fingerprint density at radius 2 is 2.12 bits per heavy atom. The van der Waals surface area contributed by atoms with Crippen LogP contribution < -0.4 is 0 Å².